The molecular formula is C12H22N2O2P2. The number of aromatic amines is 1. The van der Waals surface area contributed by atoms with E-state index in [1.807, 2.05) is 41.5 Å². The van der Waals surface area contributed by atoms with E-state index in [4.69, 9.17) is 0 Å². The van der Waals surface area contributed by atoms with Crippen LogP contribution in [-0.4, -0.2) is 9.32 Å². The predicted octanol–water partition coefficient (Wildman–Crippen LogP) is 2.36. The zero-order valence-electron chi connectivity index (χ0n) is 11.8. The Kier molecular flexibility index (Phi) is 4.25. The molecule has 0 saturated heterocycles. The van der Waals surface area contributed by atoms with Gasteiger partial charge in [-0.1, -0.05) is 50.5 Å². The highest BCUT2D eigenvalue weighted by Crippen LogP contribution is 2.35. The molecule has 1 heterocycles. The fourth-order valence-electron chi connectivity index (χ4n) is 2.07. The van der Waals surface area contributed by atoms with Gasteiger partial charge in [0.25, 0.3) is 5.56 Å². The maximum Gasteiger partial charge on any atom is 0.331 e. The minimum Gasteiger partial charge on any atom is -0.275 e. The van der Waals surface area contributed by atoms with Crippen molar-refractivity contribution in [2.24, 2.45) is 0 Å². The quantitative estimate of drug-likeness (QED) is 0.807. The zero-order valence-corrected chi connectivity index (χ0v) is 14.0. The fourth-order valence-corrected chi connectivity index (χ4v) is 3.55. The van der Waals surface area contributed by atoms with Crippen molar-refractivity contribution in [3.8, 4) is 0 Å². The summed E-state index contributed by atoms with van der Waals surface area (Å²) in [7, 11) is 2.79. The minimum atomic E-state index is -0.328. The van der Waals surface area contributed by atoms with E-state index in [1.54, 1.807) is 4.34 Å². The molecule has 0 spiro atoms. The maximum absolute atomic E-state index is 12.1. The summed E-state index contributed by atoms with van der Waals surface area (Å²) in [5.41, 5.74) is 0.389. The monoisotopic (exact) mass is 288 g/mol. The summed E-state index contributed by atoms with van der Waals surface area (Å²) in [5, 5.41) is 0. The van der Waals surface area contributed by atoms with Gasteiger partial charge in [0.1, 0.15) is 0 Å². The van der Waals surface area contributed by atoms with Crippen molar-refractivity contribution in [1.29, 1.82) is 0 Å². The number of hydrogen-bond donors (Lipinski definition) is 1. The van der Waals surface area contributed by atoms with Crippen LogP contribution in [0.15, 0.2) is 9.59 Å². The van der Waals surface area contributed by atoms with Gasteiger partial charge in [0, 0.05) is 25.1 Å². The van der Waals surface area contributed by atoms with Crippen molar-refractivity contribution in [3.63, 3.8) is 0 Å². The van der Waals surface area contributed by atoms with Crippen LogP contribution in [0.25, 0.3) is 0 Å². The summed E-state index contributed by atoms with van der Waals surface area (Å²) in [4.78, 5) is 26.5. The Labute approximate surface area is 112 Å². The lowest BCUT2D eigenvalue weighted by atomic mass is 9.79. The summed E-state index contributed by atoms with van der Waals surface area (Å²) in [6.45, 7) is 12.1. The fraction of sp³-hybridized carbons (Fsp3) is 0.667. The summed E-state index contributed by atoms with van der Waals surface area (Å²) >= 11 is 0. The first-order chi connectivity index (χ1) is 8.00. The maximum atomic E-state index is 12.1. The molecule has 1 aromatic heterocycles. The molecule has 0 bridgehead atoms. The average molecular weight is 288 g/mol. The van der Waals surface area contributed by atoms with E-state index in [0.29, 0.717) is 5.56 Å². The van der Waals surface area contributed by atoms with E-state index in [-0.39, 0.29) is 30.5 Å². The van der Waals surface area contributed by atoms with Crippen molar-refractivity contribution in [3.05, 3.63) is 32.1 Å². The molecule has 4 nitrogen and oxygen atoms in total. The van der Waals surface area contributed by atoms with Crippen LogP contribution in [0.2, 0.25) is 0 Å². The molecule has 0 aliphatic heterocycles. The van der Waals surface area contributed by atoms with Gasteiger partial charge in [-0.2, -0.15) is 0 Å². The second kappa shape index (κ2) is 4.90. The smallest absolute Gasteiger partial charge is 0.275 e. The van der Waals surface area contributed by atoms with E-state index in [1.165, 1.54) is 0 Å². The Morgan fingerprint density at radius 3 is 1.89 bits per heavy atom. The first-order valence-corrected chi connectivity index (χ1v) is 8.62. The molecule has 0 saturated carbocycles. The summed E-state index contributed by atoms with van der Waals surface area (Å²) in [5.74, 6) is 0. The van der Waals surface area contributed by atoms with Gasteiger partial charge in [-0.3, -0.25) is 14.1 Å². The molecule has 1 N–H and O–H groups in total. The lowest BCUT2D eigenvalue weighted by Gasteiger charge is -2.31. The Balaban J connectivity index is 3.93. The van der Waals surface area contributed by atoms with Crippen LogP contribution in [0.5, 0.6) is 0 Å². The zero-order chi connectivity index (χ0) is 14.3. The summed E-state index contributed by atoms with van der Waals surface area (Å²) in [6.07, 6.45) is 0. The number of nitrogens with zero attached hydrogens (tertiary/aromatic N) is 1. The first-order valence-electron chi connectivity index (χ1n) is 5.87. The molecule has 1 aromatic rings. The van der Waals surface area contributed by atoms with Gasteiger partial charge in [-0.25, -0.2) is 4.79 Å². The largest absolute Gasteiger partial charge is 0.331 e. The number of nitrogens with one attached hydrogen (secondary N) is 1. The van der Waals surface area contributed by atoms with Gasteiger partial charge < -0.3 is 0 Å². The van der Waals surface area contributed by atoms with Gasteiger partial charge in [0.15, 0.2) is 0 Å². The second-order valence-electron chi connectivity index (χ2n) is 6.45. The van der Waals surface area contributed by atoms with Crippen molar-refractivity contribution >= 4 is 17.3 Å². The Bertz CT molecular complexity index is 559. The topological polar surface area (TPSA) is 54.9 Å². The third-order valence-electron chi connectivity index (χ3n) is 2.70. The highest BCUT2D eigenvalue weighted by atomic mass is 32.0. The summed E-state index contributed by atoms with van der Waals surface area (Å²) < 4.78 is 1.66. The molecule has 1 rings (SSSR count). The molecule has 0 aliphatic carbocycles. The molecule has 2 atom stereocenters. The third-order valence-corrected chi connectivity index (χ3v) is 4.16. The number of aromatic nitrogens is 2. The van der Waals surface area contributed by atoms with Crippen molar-refractivity contribution in [2.45, 2.75) is 52.4 Å². The van der Waals surface area contributed by atoms with Crippen LogP contribution >= 0.6 is 17.3 Å². The molecule has 0 aliphatic rings. The van der Waals surface area contributed by atoms with E-state index in [9.17, 15) is 9.59 Å². The van der Waals surface area contributed by atoms with Crippen LogP contribution in [0.3, 0.4) is 0 Å². The van der Waals surface area contributed by atoms with Crippen LogP contribution in [0.1, 0.15) is 52.8 Å². The first kappa shape index (κ1) is 15.6. The molecule has 0 radical (unpaired) electrons. The lowest BCUT2D eigenvalue weighted by Crippen LogP contribution is -2.40. The van der Waals surface area contributed by atoms with Crippen LogP contribution in [0, 0.1) is 0 Å². The number of rotatable bonds is 1. The molecule has 0 fully saturated rings. The normalized spacial score (nSPS) is 13.5. The molecule has 18 heavy (non-hydrogen) atoms. The second-order valence-corrected chi connectivity index (χ2v) is 7.93. The highest BCUT2D eigenvalue weighted by Gasteiger charge is 2.31. The molecule has 6 heteroatoms. The number of hydrogen-bond acceptors (Lipinski definition) is 2. The van der Waals surface area contributed by atoms with Crippen molar-refractivity contribution in [1.82, 2.24) is 9.32 Å². The van der Waals surface area contributed by atoms with Gasteiger partial charge in [-0.15, -0.1) is 0 Å². The molecule has 102 valence electrons. The molecular weight excluding hydrogens is 266 g/mol. The highest BCUT2D eigenvalue weighted by molar-refractivity contribution is 8.02. The minimum absolute atomic E-state index is 0.224. The molecule has 0 amide bonds. The number of H-pyrrole nitrogens is 1. The Hall–Kier alpha value is -0.460. The summed E-state index contributed by atoms with van der Waals surface area (Å²) in [6, 6.07) is 0. The third kappa shape index (κ3) is 2.92. The van der Waals surface area contributed by atoms with Crippen molar-refractivity contribution < 1.29 is 0 Å². The van der Waals surface area contributed by atoms with E-state index < -0.39 is 0 Å². The van der Waals surface area contributed by atoms with Crippen LogP contribution in [0.4, 0.5) is 0 Å². The SMILES string of the molecule is CC(C)(C)c1c(C(C)(C)C)n(PP)c(=O)[nH]c1=O. The Morgan fingerprint density at radius 2 is 1.56 bits per heavy atom. The van der Waals surface area contributed by atoms with Gasteiger partial charge >= 0.3 is 5.69 Å². The lowest BCUT2D eigenvalue weighted by molar-refractivity contribution is 0.496. The average Bonchev–Trinajstić information content (AvgIpc) is 2.12. The molecule has 0 aromatic carbocycles. The van der Waals surface area contributed by atoms with Crippen molar-refractivity contribution in [2.75, 3.05) is 0 Å². The predicted molar refractivity (Wildman–Crippen MR) is 82.1 cm³/mol. The van der Waals surface area contributed by atoms with E-state index in [0.717, 1.165) is 5.69 Å². The van der Waals surface area contributed by atoms with Crippen LogP contribution < -0.4 is 11.2 Å². The van der Waals surface area contributed by atoms with E-state index in [2.05, 4.69) is 13.9 Å². The van der Waals surface area contributed by atoms with Gasteiger partial charge in [-0.05, 0) is 5.41 Å². The Morgan fingerprint density at radius 1 is 1.06 bits per heavy atom. The van der Waals surface area contributed by atoms with Crippen LogP contribution in [-0.2, 0) is 10.8 Å². The standard InChI is InChI=1S/C12H22N2O2P2/c1-11(2,3)7-8(12(4,5)6)14(18-17)10(16)13-9(7)15/h18H,17H2,1-6H3,(H,13,15,16). The van der Waals surface area contributed by atoms with E-state index >= 15 is 0 Å². The van der Waals surface area contributed by atoms with Gasteiger partial charge in [0.2, 0.25) is 0 Å². The molecule has 2 unspecified atom stereocenters. The van der Waals surface area contributed by atoms with Gasteiger partial charge in [0.05, 0.1) is 0 Å².